The van der Waals surface area contributed by atoms with Crippen LogP contribution in [0.4, 0.5) is 0 Å². The van der Waals surface area contributed by atoms with E-state index in [0.717, 1.165) is 13.0 Å². The Kier molecular flexibility index (Phi) is 3.99. The summed E-state index contributed by atoms with van der Waals surface area (Å²) in [6, 6.07) is 0. The average Bonchev–Trinajstić information content (AvgIpc) is 2.57. The predicted molar refractivity (Wildman–Crippen MR) is 63.3 cm³/mol. The molecule has 2 rings (SSSR count). The van der Waals surface area contributed by atoms with Crippen molar-refractivity contribution in [1.82, 2.24) is 5.32 Å². The van der Waals surface area contributed by atoms with Crippen LogP contribution >= 0.6 is 0 Å². The summed E-state index contributed by atoms with van der Waals surface area (Å²) in [6.07, 6.45) is 8.53. The van der Waals surface area contributed by atoms with E-state index in [4.69, 9.17) is 0 Å². The summed E-state index contributed by atoms with van der Waals surface area (Å²) >= 11 is 0. The van der Waals surface area contributed by atoms with Crippen LogP contribution in [0.15, 0.2) is 11.1 Å². The highest BCUT2D eigenvalue weighted by molar-refractivity contribution is 5.88. The van der Waals surface area contributed by atoms with Crippen molar-refractivity contribution in [3.8, 4) is 0 Å². The first kappa shape index (κ1) is 11.6. The van der Waals surface area contributed by atoms with Crippen molar-refractivity contribution in [2.45, 2.75) is 44.9 Å². The van der Waals surface area contributed by atoms with E-state index >= 15 is 0 Å². The third-order valence-corrected chi connectivity index (χ3v) is 3.87. The first-order chi connectivity index (χ1) is 7.79. The second-order valence-corrected chi connectivity index (χ2v) is 4.92. The molecule has 1 fully saturated rings. The molecule has 2 N–H and O–H groups in total. The Bertz CT molecular complexity index is 288. The van der Waals surface area contributed by atoms with Crippen LogP contribution in [0.2, 0.25) is 0 Å². The van der Waals surface area contributed by atoms with Crippen LogP contribution < -0.4 is 5.32 Å². The minimum Gasteiger partial charge on any atom is -0.478 e. The van der Waals surface area contributed by atoms with E-state index in [1.165, 1.54) is 44.1 Å². The van der Waals surface area contributed by atoms with E-state index < -0.39 is 5.97 Å². The molecular formula is C13H21NO2. The van der Waals surface area contributed by atoms with Gasteiger partial charge in [-0.05, 0) is 31.7 Å². The Balaban J connectivity index is 2.16. The van der Waals surface area contributed by atoms with Gasteiger partial charge < -0.3 is 10.4 Å². The predicted octanol–water partition coefficient (Wildman–Crippen LogP) is 2.33. The molecule has 3 heteroatoms. The molecule has 1 saturated carbocycles. The summed E-state index contributed by atoms with van der Waals surface area (Å²) in [7, 11) is 0. The van der Waals surface area contributed by atoms with Gasteiger partial charge >= 0.3 is 5.97 Å². The third-order valence-electron chi connectivity index (χ3n) is 3.87. The van der Waals surface area contributed by atoms with Gasteiger partial charge in [0.25, 0.3) is 0 Å². The van der Waals surface area contributed by atoms with Crippen LogP contribution in [-0.2, 0) is 4.79 Å². The Labute approximate surface area is 96.9 Å². The molecule has 0 radical (unpaired) electrons. The fraction of sp³-hybridized carbons (Fsp3) is 0.769. The van der Waals surface area contributed by atoms with Crippen molar-refractivity contribution < 1.29 is 9.90 Å². The molecule has 0 amide bonds. The van der Waals surface area contributed by atoms with E-state index in [0.29, 0.717) is 18.0 Å². The molecule has 0 spiro atoms. The highest BCUT2D eigenvalue weighted by Gasteiger charge is 2.25. The molecule has 2 aliphatic rings. The average molecular weight is 223 g/mol. The van der Waals surface area contributed by atoms with E-state index in [2.05, 4.69) is 5.32 Å². The van der Waals surface area contributed by atoms with E-state index in [1.54, 1.807) is 0 Å². The summed E-state index contributed by atoms with van der Waals surface area (Å²) in [5.74, 6) is -0.165. The lowest BCUT2D eigenvalue weighted by atomic mass is 9.84. The molecule has 0 aromatic carbocycles. The fourth-order valence-corrected chi connectivity index (χ4v) is 2.99. The summed E-state index contributed by atoms with van der Waals surface area (Å²) in [5.41, 5.74) is 1.89. The van der Waals surface area contributed by atoms with E-state index in [-0.39, 0.29) is 0 Å². The van der Waals surface area contributed by atoms with Crippen LogP contribution in [-0.4, -0.2) is 24.2 Å². The highest BCUT2D eigenvalue weighted by Crippen LogP contribution is 2.33. The van der Waals surface area contributed by atoms with Gasteiger partial charge in [-0.3, -0.25) is 0 Å². The van der Waals surface area contributed by atoms with Gasteiger partial charge in [0, 0.05) is 6.54 Å². The van der Waals surface area contributed by atoms with E-state index in [1.807, 2.05) is 0 Å². The first-order valence-electron chi connectivity index (χ1n) is 6.45. The summed E-state index contributed by atoms with van der Waals surface area (Å²) < 4.78 is 0. The largest absolute Gasteiger partial charge is 0.478 e. The molecule has 16 heavy (non-hydrogen) atoms. The SMILES string of the molecule is O=C(O)C1=C(C2CCCCCC2)CCNC1. The quantitative estimate of drug-likeness (QED) is 0.706. The monoisotopic (exact) mass is 223 g/mol. The topological polar surface area (TPSA) is 49.3 Å². The van der Waals surface area contributed by atoms with E-state index in [9.17, 15) is 9.90 Å². The highest BCUT2D eigenvalue weighted by atomic mass is 16.4. The molecular weight excluding hydrogens is 202 g/mol. The minimum absolute atomic E-state index is 0.552. The number of carboxylic acid groups (broad SMARTS) is 1. The molecule has 1 aliphatic carbocycles. The zero-order chi connectivity index (χ0) is 11.4. The summed E-state index contributed by atoms with van der Waals surface area (Å²) in [5, 5.41) is 12.4. The van der Waals surface area contributed by atoms with Gasteiger partial charge in [-0.1, -0.05) is 31.3 Å². The van der Waals surface area contributed by atoms with Gasteiger partial charge in [0.2, 0.25) is 0 Å². The fourth-order valence-electron chi connectivity index (χ4n) is 2.99. The second kappa shape index (κ2) is 5.48. The molecule has 0 bridgehead atoms. The maximum Gasteiger partial charge on any atom is 0.332 e. The number of hydrogen-bond acceptors (Lipinski definition) is 2. The molecule has 0 aromatic heterocycles. The van der Waals surface area contributed by atoms with Crippen molar-refractivity contribution in [3.05, 3.63) is 11.1 Å². The molecule has 90 valence electrons. The van der Waals surface area contributed by atoms with Gasteiger partial charge in [-0.25, -0.2) is 4.79 Å². The minimum atomic E-state index is -0.716. The Morgan fingerprint density at radius 3 is 2.50 bits per heavy atom. The van der Waals surface area contributed by atoms with Gasteiger partial charge in [-0.15, -0.1) is 0 Å². The molecule has 3 nitrogen and oxygen atoms in total. The number of carbonyl (C=O) groups is 1. The van der Waals surface area contributed by atoms with Gasteiger partial charge in [0.05, 0.1) is 5.57 Å². The van der Waals surface area contributed by atoms with Crippen LogP contribution in [0.1, 0.15) is 44.9 Å². The molecule has 1 heterocycles. The number of hydrogen-bond donors (Lipinski definition) is 2. The zero-order valence-corrected chi connectivity index (χ0v) is 9.80. The smallest absolute Gasteiger partial charge is 0.332 e. The van der Waals surface area contributed by atoms with Gasteiger partial charge in [0.15, 0.2) is 0 Å². The number of nitrogens with one attached hydrogen (secondary N) is 1. The lowest BCUT2D eigenvalue weighted by Crippen LogP contribution is -2.31. The van der Waals surface area contributed by atoms with Crippen molar-refractivity contribution in [2.75, 3.05) is 13.1 Å². The second-order valence-electron chi connectivity index (χ2n) is 4.92. The van der Waals surface area contributed by atoms with Crippen LogP contribution in [0.3, 0.4) is 0 Å². The van der Waals surface area contributed by atoms with Crippen LogP contribution in [0.5, 0.6) is 0 Å². The van der Waals surface area contributed by atoms with Crippen LogP contribution in [0.25, 0.3) is 0 Å². The normalized spacial score (nSPS) is 24.2. The van der Waals surface area contributed by atoms with Gasteiger partial charge in [0.1, 0.15) is 0 Å². The third kappa shape index (κ3) is 2.64. The maximum absolute atomic E-state index is 11.2. The molecule has 0 atom stereocenters. The standard InChI is InChI=1S/C13H21NO2/c15-13(16)12-9-14-8-7-11(12)10-5-3-1-2-4-6-10/h10,14H,1-9H2,(H,15,16). The van der Waals surface area contributed by atoms with Gasteiger partial charge in [-0.2, -0.15) is 0 Å². The number of aliphatic carboxylic acids is 1. The van der Waals surface area contributed by atoms with Crippen molar-refractivity contribution in [3.63, 3.8) is 0 Å². The molecule has 0 aromatic rings. The summed E-state index contributed by atoms with van der Waals surface area (Å²) in [4.78, 5) is 11.2. The van der Waals surface area contributed by atoms with Crippen molar-refractivity contribution >= 4 is 5.97 Å². The first-order valence-corrected chi connectivity index (χ1v) is 6.45. The lowest BCUT2D eigenvalue weighted by Gasteiger charge is -2.25. The molecule has 1 aliphatic heterocycles. The lowest BCUT2D eigenvalue weighted by molar-refractivity contribution is -0.132. The maximum atomic E-state index is 11.2. The van der Waals surface area contributed by atoms with Crippen LogP contribution in [0, 0.1) is 5.92 Å². The van der Waals surface area contributed by atoms with Crippen molar-refractivity contribution in [1.29, 1.82) is 0 Å². The Morgan fingerprint density at radius 2 is 1.88 bits per heavy atom. The summed E-state index contributed by atoms with van der Waals surface area (Å²) in [6.45, 7) is 1.50. The zero-order valence-electron chi connectivity index (χ0n) is 9.80. The van der Waals surface area contributed by atoms with Crippen molar-refractivity contribution in [2.24, 2.45) is 5.92 Å². The number of carboxylic acids is 1. The Hall–Kier alpha value is -0.830. The Morgan fingerprint density at radius 1 is 1.19 bits per heavy atom. The molecule has 0 saturated heterocycles. The number of rotatable bonds is 2. The molecule has 0 unspecified atom stereocenters.